The van der Waals surface area contributed by atoms with Crippen LogP contribution in [0.2, 0.25) is 0 Å². The van der Waals surface area contributed by atoms with Gasteiger partial charge in [-0.15, -0.1) is 0 Å². The molecule has 3 nitrogen and oxygen atoms in total. The van der Waals surface area contributed by atoms with E-state index in [0.29, 0.717) is 6.04 Å². The molecular formula is C15H22N2O. The number of benzene rings is 1. The third-order valence-corrected chi connectivity index (χ3v) is 3.77. The molecule has 2 fully saturated rings. The Morgan fingerprint density at radius 3 is 2.39 bits per heavy atom. The summed E-state index contributed by atoms with van der Waals surface area (Å²) < 4.78 is 0. The summed E-state index contributed by atoms with van der Waals surface area (Å²) in [5.74, 6) is 0. The third kappa shape index (κ3) is 3.03. The minimum absolute atomic E-state index is 0.238. The Balaban J connectivity index is 1.60. The average molecular weight is 246 g/mol. The van der Waals surface area contributed by atoms with E-state index in [1.165, 1.54) is 36.9 Å². The zero-order valence-corrected chi connectivity index (χ0v) is 10.8. The van der Waals surface area contributed by atoms with Crippen LogP contribution in [0.15, 0.2) is 24.3 Å². The van der Waals surface area contributed by atoms with E-state index in [2.05, 4.69) is 34.5 Å². The fourth-order valence-electron chi connectivity index (χ4n) is 2.37. The van der Waals surface area contributed by atoms with Crippen LogP contribution in [-0.2, 0) is 6.54 Å². The number of aliphatic hydroxyl groups is 1. The van der Waals surface area contributed by atoms with Crippen molar-refractivity contribution in [3.63, 3.8) is 0 Å². The summed E-state index contributed by atoms with van der Waals surface area (Å²) in [5, 5.41) is 12.7. The molecule has 0 amide bonds. The Labute approximate surface area is 109 Å². The standard InChI is InChI=1S/C15H22N2O/c18-10-9-17(15-7-8-15)14-5-1-12(2-6-14)11-16-13-3-4-13/h1-2,5-6,13,15-16,18H,3-4,7-11H2. The predicted octanol–water partition coefficient (Wildman–Crippen LogP) is 1.90. The van der Waals surface area contributed by atoms with Gasteiger partial charge in [0.05, 0.1) is 6.61 Å². The van der Waals surface area contributed by atoms with Gasteiger partial charge in [0.2, 0.25) is 0 Å². The first-order valence-electron chi connectivity index (χ1n) is 7.06. The molecule has 2 saturated carbocycles. The molecule has 3 rings (SSSR count). The lowest BCUT2D eigenvalue weighted by Crippen LogP contribution is -2.28. The number of nitrogens with zero attached hydrogens (tertiary/aromatic N) is 1. The van der Waals surface area contributed by atoms with Crippen LogP contribution in [-0.4, -0.2) is 30.3 Å². The first-order chi connectivity index (χ1) is 8.86. The molecule has 1 aromatic carbocycles. The molecule has 0 radical (unpaired) electrons. The van der Waals surface area contributed by atoms with Crippen LogP contribution in [0, 0.1) is 0 Å². The number of anilines is 1. The maximum atomic E-state index is 9.13. The number of hydrogen-bond donors (Lipinski definition) is 2. The highest BCUT2D eigenvalue weighted by Crippen LogP contribution is 2.31. The van der Waals surface area contributed by atoms with Crippen molar-refractivity contribution in [2.75, 3.05) is 18.1 Å². The van der Waals surface area contributed by atoms with E-state index in [0.717, 1.165) is 19.1 Å². The van der Waals surface area contributed by atoms with Gasteiger partial charge >= 0.3 is 0 Å². The van der Waals surface area contributed by atoms with Crippen LogP contribution in [0.1, 0.15) is 31.2 Å². The quantitative estimate of drug-likeness (QED) is 0.771. The molecule has 0 aliphatic heterocycles. The molecule has 3 heteroatoms. The first kappa shape index (κ1) is 12.0. The van der Waals surface area contributed by atoms with Crippen LogP contribution in [0.5, 0.6) is 0 Å². The van der Waals surface area contributed by atoms with Crippen molar-refractivity contribution in [2.45, 2.75) is 44.3 Å². The van der Waals surface area contributed by atoms with E-state index >= 15 is 0 Å². The van der Waals surface area contributed by atoms with Crippen molar-refractivity contribution in [3.8, 4) is 0 Å². The van der Waals surface area contributed by atoms with Gasteiger partial charge in [-0.1, -0.05) is 12.1 Å². The first-order valence-corrected chi connectivity index (χ1v) is 7.06. The predicted molar refractivity (Wildman–Crippen MR) is 73.8 cm³/mol. The zero-order chi connectivity index (χ0) is 12.4. The van der Waals surface area contributed by atoms with Crippen LogP contribution in [0.3, 0.4) is 0 Å². The minimum atomic E-state index is 0.238. The lowest BCUT2D eigenvalue weighted by atomic mass is 10.2. The summed E-state index contributed by atoms with van der Waals surface area (Å²) in [4.78, 5) is 2.33. The summed E-state index contributed by atoms with van der Waals surface area (Å²) >= 11 is 0. The van der Waals surface area contributed by atoms with Gasteiger partial charge in [-0.05, 0) is 43.4 Å². The second-order valence-corrected chi connectivity index (χ2v) is 5.47. The third-order valence-electron chi connectivity index (χ3n) is 3.77. The number of aliphatic hydroxyl groups excluding tert-OH is 1. The molecule has 0 atom stereocenters. The lowest BCUT2D eigenvalue weighted by molar-refractivity contribution is 0.301. The Kier molecular flexibility index (Phi) is 3.52. The van der Waals surface area contributed by atoms with Gasteiger partial charge in [0.25, 0.3) is 0 Å². The van der Waals surface area contributed by atoms with Gasteiger partial charge in [-0.25, -0.2) is 0 Å². The SMILES string of the molecule is OCCN(c1ccc(CNC2CC2)cc1)C1CC1. The number of nitrogens with one attached hydrogen (secondary N) is 1. The maximum absolute atomic E-state index is 9.13. The minimum Gasteiger partial charge on any atom is -0.395 e. The molecule has 98 valence electrons. The lowest BCUT2D eigenvalue weighted by Gasteiger charge is -2.23. The van der Waals surface area contributed by atoms with E-state index in [-0.39, 0.29) is 6.61 Å². The van der Waals surface area contributed by atoms with Crippen molar-refractivity contribution in [3.05, 3.63) is 29.8 Å². The van der Waals surface area contributed by atoms with Crippen molar-refractivity contribution in [1.29, 1.82) is 0 Å². The highest BCUT2D eigenvalue weighted by atomic mass is 16.3. The van der Waals surface area contributed by atoms with Crippen LogP contribution < -0.4 is 10.2 Å². The summed E-state index contributed by atoms with van der Waals surface area (Å²) in [6, 6.07) is 10.2. The molecule has 0 heterocycles. The van der Waals surface area contributed by atoms with E-state index < -0.39 is 0 Å². The molecule has 0 aromatic heterocycles. The Morgan fingerprint density at radius 2 is 1.83 bits per heavy atom. The second kappa shape index (κ2) is 5.29. The summed E-state index contributed by atoms with van der Waals surface area (Å²) in [5.41, 5.74) is 2.60. The molecule has 0 spiro atoms. The monoisotopic (exact) mass is 246 g/mol. The molecule has 18 heavy (non-hydrogen) atoms. The van der Waals surface area contributed by atoms with E-state index in [1.54, 1.807) is 0 Å². The normalized spacial score (nSPS) is 18.9. The highest BCUT2D eigenvalue weighted by Gasteiger charge is 2.28. The smallest absolute Gasteiger partial charge is 0.0606 e. The van der Waals surface area contributed by atoms with Crippen LogP contribution >= 0.6 is 0 Å². The fourth-order valence-corrected chi connectivity index (χ4v) is 2.37. The van der Waals surface area contributed by atoms with Crippen molar-refractivity contribution in [2.24, 2.45) is 0 Å². The highest BCUT2D eigenvalue weighted by molar-refractivity contribution is 5.49. The molecule has 2 aliphatic rings. The summed E-state index contributed by atoms with van der Waals surface area (Å²) in [6.07, 6.45) is 5.21. The number of rotatable bonds is 7. The Morgan fingerprint density at radius 1 is 1.11 bits per heavy atom. The van der Waals surface area contributed by atoms with E-state index in [1.807, 2.05) is 0 Å². The van der Waals surface area contributed by atoms with Gasteiger partial charge in [-0.3, -0.25) is 0 Å². The van der Waals surface area contributed by atoms with Crippen LogP contribution in [0.25, 0.3) is 0 Å². The molecule has 0 bridgehead atoms. The van der Waals surface area contributed by atoms with Crippen LogP contribution in [0.4, 0.5) is 5.69 Å². The van der Waals surface area contributed by atoms with E-state index in [4.69, 9.17) is 5.11 Å². The molecule has 2 N–H and O–H groups in total. The zero-order valence-electron chi connectivity index (χ0n) is 10.8. The average Bonchev–Trinajstić information content (AvgIpc) is 3.28. The van der Waals surface area contributed by atoms with Gasteiger partial charge < -0.3 is 15.3 Å². The molecule has 2 aliphatic carbocycles. The maximum Gasteiger partial charge on any atom is 0.0606 e. The van der Waals surface area contributed by atoms with Gasteiger partial charge in [0.15, 0.2) is 0 Å². The van der Waals surface area contributed by atoms with Gasteiger partial charge in [0.1, 0.15) is 0 Å². The topological polar surface area (TPSA) is 35.5 Å². The van der Waals surface area contributed by atoms with Crippen molar-refractivity contribution < 1.29 is 5.11 Å². The number of hydrogen-bond acceptors (Lipinski definition) is 3. The Hall–Kier alpha value is -1.06. The molecule has 0 saturated heterocycles. The van der Waals surface area contributed by atoms with E-state index in [9.17, 15) is 0 Å². The molecular weight excluding hydrogens is 224 g/mol. The largest absolute Gasteiger partial charge is 0.395 e. The van der Waals surface area contributed by atoms with Crippen molar-refractivity contribution in [1.82, 2.24) is 5.32 Å². The van der Waals surface area contributed by atoms with Crippen molar-refractivity contribution >= 4 is 5.69 Å². The van der Waals surface area contributed by atoms with Gasteiger partial charge in [0, 0.05) is 30.9 Å². The summed E-state index contributed by atoms with van der Waals surface area (Å²) in [7, 11) is 0. The molecule has 0 unspecified atom stereocenters. The Bertz CT molecular complexity index is 382. The summed E-state index contributed by atoms with van der Waals surface area (Å²) in [6.45, 7) is 1.97. The fraction of sp³-hybridized carbons (Fsp3) is 0.600. The van der Waals surface area contributed by atoms with Gasteiger partial charge in [-0.2, -0.15) is 0 Å². The molecule has 1 aromatic rings. The second-order valence-electron chi connectivity index (χ2n) is 5.47.